The number of hydrazone groups is 1. The van der Waals surface area contributed by atoms with Gasteiger partial charge in [-0.2, -0.15) is 5.10 Å². The van der Waals surface area contributed by atoms with Crippen LogP contribution in [0.3, 0.4) is 0 Å². The molecule has 1 aliphatic rings. The van der Waals surface area contributed by atoms with Gasteiger partial charge in [-0.1, -0.05) is 41.7 Å². The van der Waals surface area contributed by atoms with Crippen LogP contribution in [0.15, 0.2) is 40.4 Å². The second-order valence-corrected chi connectivity index (χ2v) is 6.76. The number of rotatable bonds is 7. The van der Waals surface area contributed by atoms with Gasteiger partial charge in [0.15, 0.2) is 5.71 Å². The van der Waals surface area contributed by atoms with E-state index >= 15 is 0 Å². The molecule has 136 valence electrons. The van der Waals surface area contributed by atoms with Gasteiger partial charge in [0.05, 0.1) is 25.4 Å². The topological polar surface area (TPSA) is 115 Å². The normalized spacial score (nSPS) is 17.7. The van der Waals surface area contributed by atoms with Crippen molar-refractivity contribution in [2.45, 2.75) is 25.5 Å². The van der Waals surface area contributed by atoms with Crippen molar-refractivity contribution in [2.75, 3.05) is 13.2 Å². The van der Waals surface area contributed by atoms with E-state index in [9.17, 15) is 4.79 Å². The monoisotopic (exact) mass is 372 g/mol. The summed E-state index contributed by atoms with van der Waals surface area (Å²) in [6.07, 6.45) is 3.53. The molecule has 3 N–H and O–H groups in total. The molecular weight excluding hydrogens is 352 g/mol. The van der Waals surface area contributed by atoms with E-state index in [0.29, 0.717) is 11.6 Å². The number of benzene rings is 1. The van der Waals surface area contributed by atoms with E-state index in [4.69, 9.17) is 10.6 Å². The molecule has 26 heavy (non-hydrogen) atoms. The first-order chi connectivity index (χ1) is 12.8. The summed E-state index contributed by atoms with van der Waals surface area (Å²) in [5, 5.41) is 16.0. The summed E-state index contributed by atoms with van der Waals surface area (Å²) in [6, 6.07) is 9.76. The summed E-state index contributed by atoms with van der Waals surface area (Å²) in [5.74, 6) is 4.89. The smallest absolute Gasteiger partial charge is 0.273 e. The van der Waals surface area contributed by atoms with Crippen LogP contribution in [0.2, 0.25) is 0 Å². The number of nitrogens with zero attached hydrogens (tertiary/aromatic N) is 4. The SMILES string of the molecule is N/N=C(\C=NCC1CCCO1)C(=O)NCc1nnc(-c2ccccc2)s1. The molecule has 1 atom stereocenters. The van der Waals surface area contributed by atoms with Crippen molar-refractivity contribution in [1.29, 1.82) is 0 Å². The van der Waals surface area contributed by atoms with E-state index in [1.807, 2.05) is 30.3 Å². The fourth-order valence-corrected chi connectivity index (χ4v) is 3.25. The molecule has 1 amide bonds. The Kier molecular flexibility index (Phi) is 6.39. The Morgan fingerprint density at radius 2 is 2.23 bits per heavy atom. The summed E-state index contributed by atoms with van der Waals surface area (Å²) in [7, 11) is 0. The van der Waals surface area contributed by atoms with Gasteiger partial charge >= 0.3 is 0 Å². The Labute approximate surface area is 155 Å². The van der Waals surface area contributed by atoms with Crippen LogP contribution in [0, 0.1) is 0 Å². The lowest BCUT2D eigenvalue weighted by Crippen LogP contribution is -2.32. The molecule has 1 fully saturated rings. The van der Waals surface area contributed by atoms with Gasteiger partial charge in [-0.15, -0.1) is 10.2 Å². The number of nitrogens with two attached hydrogens (primary N) is 1. The van der Waals surface area contributed by atoms with Crippen LogP contribution in [0.25, 0.3) is 10.6 Å². The molecule has 1 unspecified atom stereocenters. The summed E-state index contributed by atoms with van der Waals surface area (Å²) in [4.78, 5) is 16.4. The van der Waals surface area contributed by atoms with Crippen molar-refractivity contribution in [2.24, 2.45) is 15.9 Å². The van der Waals surface area contributed by atoms with Gasteiger partial charge < -0.3 is 15.9 Å². The standard InChI is InChI=1S/C17H20N6O2S/c18-21-14(10-19-9-13-7-4-8-25-13)16(24)20-11-15-22-23-17(26-15)12-5-2-1-3-6-12/h1-3,5-6,10,13H,4,7-9,11,18H2,(H,20,24)/b19-10?,21-14+. The van der Waals surface area contributed by atoms with Crippen molar-refractivity contribution in [1.82, 2.24) is 15.5 Å². The van der Waals surface area contributed by atoms with Gasteiger partial charge in [0.1, 0.15) is 10.0 Å². The second-order valence-electron chi connectivity index (χ2n) is 5.69. The Bertz CT molecular complexity index is 784. The molecule has 1 aromatic heterocycles. The number of nitrogens with one attached hydrogen (secondary N) is 1. The van der Waals surface area contributed by atoms with Crippen molar-refractivity contribution < 1.29 is 9.53 Å². The molecule has 0 aliphatic carbocycles. The van der Waals surface area contributed by atoms with Crippen molar-refractivity contribution >= 4 is 29.2 Å². The molecule has 9 heteroatoms. The minimum atomic E-state index is -0.403. The number of carbonyl (C=O) groups excluding carboxylic acids is 1. The summed E-state index contributed by atoms with van der Waals surface area (Å²) in [6.45, 7) is 1.52. The van der Waals surface area contributed by atoms with Crippen LogP contribution in [-0.2, 0) is 16.1 Å². The summed E-state index contributed by atoms with van der Waals surface area (Å²) < 4.78 is 5.47. The van der Waals surface area contributed by atoms with E-state index in [0.717, 1.165) is 30.0 Å². The maximum Gasteiger partial charge on any atom is 0.273 e. The van der Waals surface area contributed by atoms with Gasteiger partial charge in [-0.25, -0.2) is 0 Å². The van der Waals surface area contributed by atoms with Crippen LogP contribution < -0.4 is 11.2 Å². The maximum atomic E-state index is 12.2. The Balaban J connectivity index is 1.51. The third-order valence-corrected chi connectivity index (χ3v) is 4.78. The number of amides is 1. The maximum absolute atomic E-state index is 12.2. The molecular formula is C17H20N6O2S. The minimum absolute atomic E-state index is 0.0656. The number of carbonyl (C=O) groups is 1. The van der Waals surface area contributed by atoms with E-state index in [1.54, 1.807) is 0 Å². The largest absolute Gasteiger partial charge is 0.376 e. The molecule has 2 heterocycles. The highest BCUT2D eigenvalue weighted by atomic mass is 32.1. The first kappa shape index (κ1) is 18.2. The van der Waals surface area contributed by atoms with E-state index in [2.05, 4.69) is 25.6 Å². The first-order valence-electron chi connectivity index (χ1n) is 8.31. The fourth-order valence-electron chi connectivity index (χ4n) is 2.46. The zero-order valence-corrected chi connectivity index (χ0v) is 15.0. The molecule has 3 rings (SSSR count). The lowest BCUT2D eigenvalue weighted by atomic mass is 10.2. The van der Waals surface area contributed by atoms with Crippen LogP contribution >= 0.6 is 11.3 Å². The van der Waals surface area contributed by atoms with Gasteiger partial charge in [-0.05, 0) is 12.8 Å². The molecule has 0 radical (unpaired) electrons. The number of hydrogen-bond donors (Lipinski definition) is 2. The average molecular weight is 372 g/mol. The van der Waals surface area contributed by atoms with E-state index in [1.165, 1.54) is 17.6 Å². The fraction of sp³-hybridized carbons (Fsp3) is 0.353. The zero-order chi connectivity index (χ0) is 18.2. The third kappa shape index (κ3) is 4.93. The van der Waals surface area contributed by atoms with Gasteiger partial charge in [-0.3, -0.25) is 9.79 Å². The van der Waals surface area contributed by atoms with Gasteiger partial charge in [0, 0.05) is 12.2 Å². The quantitative estimate of drug-likeness (QED) is 0.433. The van der Waals surface area contributed by atoms with Crippen molar-refractivity contribution in [3.63, 3.8) is 0 Å². The highest BCUT2D eigenvalue weighted by Crippen LogP contribution is 2.22. The molecule has 1 aliphatic heterocycles. The van der Waals surface area contributed by atoms with Crippen LogP contribution in [0.4, 0.5) is 0 Å². The van der Waals surface area contributed by atoms with E-state index in [-0.39, 0.29) is 18.4 Å². The summed E-state index contributed by atoms with van der Waals surface area (Å²) in [5.41, 5.74) is 1.06. The number of aliphatic imine (C=N–C) groups is 1. The highest BCUT2D eigenvalue weighted by molar-refractivity contribution is 7.14. The minimum Gasteiger partial charge on any atom is -0.376 e. The molecule has 1 saturated heterocycles. The van der Waals surface area contributed by atoms with Gasteiger partial charge in [0.25, 0.3) is 5.91 Å². The first-order valence-corrected chi connectivity index (χ1v) is 9.13. The zero-order valence-electron chi connectivity index (χ0n) is 14.2. The predicted octanol–water partition coefficient (Wildman–Crippen LogP) is 1.39. The van der Waals surface area contributed by atoms with Gasteiger partial charge in [0.2, 0.25) is 0 Å². The van der Waals surface area contributed by atoms with Crippen LogP contribution in [-0.4, -0.2) is 47.3 Å². The van der Waals surface area contributed by atoms with Crippen molar-refractivity contribution in [3.05, 3.63) is 35.3 Å². The molecule has 0 saturated carbocycles. The summed E-state index contributed by atoms with van der Waals surface area (Å²) >= 11 is 1.42. The Morgan fingerprint density at radius 1 is 1.38 bits per heavy atom. The predicted molar refractivity (Wildman–Crippen MR) is 101 cm³/mol. The average Bonchev–Trinajstić information content (AvgIpc) is 3.36. The third-order valence-electron chi connectivity index (χ3n) is 3.81. The molecule has 1 aromatic carbocycles. The highest BCUT2D eigenvalue weighted by Gasteiger charge is 2.15. The lowest BCUT2D eigenvalue weighted by molar-refractivity contribution is -0.114. The molecule has 0 bridgehead atoms. The number of aromatic nitrogens is 2. The van der Waals surface area contributed by atoms with Crippen LogP contribution in [0.5, 0.6) is 0 Å². The molecule has 8 nitrogen and oxygen atoms in total. The molecule has 0 spiro atoms. The Morgan fingerprint density at radius 3 is 2.96 bits per heavy atom. The molecule has 2 aromatic rings. The Hall–Kier alpha value is -2.65. The van der Waals surface area contributed by atoms with Crippen molar-refractivity contribution in [3.8, 4) is 10.6 Å². The van der Waals surface area contributed by atoms with E-state index < -0.39 is 5.91 Å². The lowest BCUT2D eigenvalue weighted by Gasteiger charge is -2.04. The second kappa shape index (κ2) is 9.16. The van der Waals surface area contributed by atoms with Crippen LogP contribution in [0.1, 0.15) is 17.8 Å². The number of hydrogen-bond acceptors (Lipinski definition) is 8. The number of ether oxygens (including phenoxy) is 1.